The van der Waals surface area contributed by atoms with Crippen molar-refractivity contribution in [2.24, 2.45) is 5.92 Å². The summed E-state index contributed by atoms with van der Waals surface area (Å²) in [6.07, 6.45) is 7.33. The quantitative estimate of drug-likeness (QED) is 0.692. The summed E-state index contributed by atoms with van der Waals surface area (Å²) in [7, 11) is 0. The Kier molecular flexibility index (Phi) is 6.82. The van der Waals surface area contributed by atoms with Crippen molar-refractivity contribution < 1.29 is 0 Å². The summed E-state index contributed by atoms with van der Waals surface area (Å²) < 4.78 is 0. The molecule has 0 aliphatic carbocycles. The van der Waals surface area contributed by atoms with E-state index in [4.69, 9.17) is 0 Å². The van der Waals surface area contributed by atoms with Gasteiger partial charge in [-0.25, -0.2) is 4.98 Å². The number of aromatic nitrogens is 2. The zero-order valence-electron chi connectivity index (χ0n) is 12.0. The topological polar surface area (TPSA) is 41.1 Å². The van der Waals surface area contributed by atoms with Gasteiger partial charge in [0.05, 0.1) is 18.1 Å². The number of nitrogens with one attached hydrogen (secondary N) is 1. The van der Waals surface area contributed by atoms with Gasteiger partial charge in [0.15, 0.2) is 0 Å². The van der Waals surface area contributed by atoms with Crippen molar-refractivity contribution >= 4 is 5.82 Å². The Hall–Kier alpha value is -1.68. The number of rotatable bonds is 9. The largest absolute Gasteiger partial charge is 0.348 e. The minimum absolute atomic E-state index is 0.642. The summed E-state index contributed by atoms with van der Waals surface area (Å²) >= 11 is 0. The third-order valence-corrected chi connectivity index (χ3v) is 2.57. The first kappa shape index (κ1) is 15.4. The van der Waals surface area contributed by atoms with E-state index in [-0.39, 0.29) is 0 Å². The maximum atomic E-state index is 4.44. The number of hydrogen-bond acceptors (Lipinski definition) is 4. The highest BCUT2D eigenvalue weighted by atomic mass is 15.2. The Balaban J connectivity index is 2.58. The average molecular weight is 260 g/mol. The number of anilines is 1. The first-order valence-electron chi connectivity index (χ1n) is 6.65. The van der Waals surface area contributed by atoms with Gasteiger partial charge in [0.1, 0.15) is 5.82 Å². The molecule has 1 heterocycles. The van der Waals surface area contributed by atoms with Crippen LogP contribution in [0.4, 0.5) is 5.82 Å². The van der Waals surface area contributed by atoms with Gasteiger partial charge in [0.2, 0.25) is 0 Å². The van der Waals surface area contributed by atoms with Gasteiger partial charge < -0.3 is 10.2 Å². The Morgan fingerprint density at radius 3 is 2.37 bits per heavy atom. The fourth-order valence-corrected chi connectivity index (χ4v) is 1.66. The lowest BCUT2D eigenvalue weighted by Gasteiger charge is -2.19. The van der Waals surface area contributed by atoms with Crippen LogP contribution in [0.2, 0.25) is 0 Å². The van der Waals surface area contributed by atoms with E-state index >= 15 is 0 Å². The van der Waals surface area contributed by atoms with E-state index in [2.05, 4.69) is 47.2 Å². The second-order valence-electron chi connectivity index (χ2n) is 4.87. The van der Waals surface area contributed by atoms with E-state index in [0.717, 1.165) is 37.7 Å². The van der Waals surface area contributed by atoms with Gasteiger partial charge >= 0.3 is 0 Å². The van der Waals surface area contributed by atoms with Gasteiger partial charge in [0, 0.05) is 19.6 Å². The molecule has 0 radical (unpaired) electrons. The van der Waals surface area contributed by atoms with Crippen LogP contribution < -0.4 is 10.2 Å². The molecule has 0 spiro atoms. The fraction of sp³-hybridized carbons (Fsp3) is 0.467. The normalized spacial score (nSPS) is 10.5. The Morgan fingerprint density at radius 2 is 1.89 bits per heavy atom. The lowest BCUT2D eigenvalue weighted by atomic mass is 10.2. The molecule has 0 saturated heterocycles. The van der Waals surface area contributed by atoms with Crippen LogP contribution in [-0.4, -0.2) is 29.6 Å². The van der Waals surface area contributed by atoms with Crippen LogP contribution in [0, 0.1) is 5.92 Å². The van der Waals surface area contributed by atoms with Crippen molar-refractivity contribution in [3.63, 3.8) is 0 Å². The number of nitrogens with zero attached hydrogens (tertiary/aromatic N) is 3. The molecule has 0 saturated carbocycles. The van der Waals surface area contributed by atoms with Crippen LogP contribution in [0.25, 0.3) is 0 Å². The van der Waals surface area contributed by atoms with E-state index < -0.39 is 0 Å². The second-order valence-corrected chi connectivity index (χ2v) is 4.87. The van der Waals surface area contributed by atoms with Gasteiger partial charge in [-0.2, -0.15) is 0 Å². The van der Waals surface area contributed by atoms with E-state index in [1.807, 2.05) is 18.3 Å². The summed E-state index contributed by atoms with van der Waals surface area (Å²) in [5.74, 6) is 1.50. The highest BCUT2D eigenvalue weighted by Crippen LogP contribution is 2.08. The molecule has 0 bridgehead atoms. The van der Waals surface area contributed by atoms with Crippen LogP contribution in [0.5, 0.6) is 0 Å². The van der Waals surface area contributed by atoms with Gasteiger partial charge in [-0.1, -0.05) is 26.0 Å². The molecule has 104 valence electrons. The third kappa shape index (κ3) is 5.66. The minimum atomic E-state index is 0.642. The standard InChI is InChI=1S/C15H24N4/c1-5-7-19(8-6-2)15-12-17-14(11-18-15)10-16-9-13(3)4/h5-6,11-13,16H,1-2,7-10H2,3-4H3. The molecule has 1 rings (SSSR count). The van der Waals surface area contributed by atoms with Crippen LogP contribution in [0.3, 0.4) is 0 Å². The Bertz CT molecular complexity index is 374. The first-order valence-corrected chi connectivity index (χ1v) is 6.65. The van der Waals surface area contributed by atoms with Crippen molar-refractivity contribution in [1.29, 1.82) is 0 Å². The molecule has 1 aromatic rings. The van der Waals surface area contributed by atoms with E-state index in [1.54, 1.807) is 6.20 Å². The zero-order valence-corrected chi connectivity index (χ0v) is 12.0. The Morgan fingerprint density at radius 1 is 1.21 bits per heavy atom. The lowest BCUT2D eigenvalue weighted by molar-refractivity contribution is 0.547. The highest BCUT2D eigenvalue weighted by molar-refractivity contribution is 5.37. The maximum absolute atomic E-state index is 4.44. The van der Waals surface area contributed by atoms with E-state index in [1.165, 1.54) is 0 Å². The molecule has 0 amide bonds. The van der Waals surface area contributed by atoms with Crippen LogP contribution >= 0.6 is 0 Å². The van der Waals surface area contributed by atoms with Gasteiger partial charge in [-0.05, 0) is 12.5 Å². The van der Waals surface area contributed by atoms with Gasteiger partial charge in [-0.3, -0.25) is 4.98 Å². The minimum Gasteiger partial charge on any atom is -0.348 e. The van der Waals surface area contributed by atoms with E-state index in [9.17, 15) is 0 Å². The molecule has 0 aromatic carbocycles. The first-order chi connectivity index (χ1) is 9.17. The fourth-order valence-electron chi connectivity index (χ4n) is 1.66. The SMILES string of the molecule is C=CCN(CC=C)c1cnc(CNCC(C)C)cn1. The van der Waals surface area contributed by atoms with Crippen molar-refractivity contribution in [2.75, 3.05) is 24.5 Å². The second kappa shape index (κ2) is 8.43. The summed E-state index contributed by atoms with van der Waals surface area (Å²) in [6.45, 7) is 15.1. The summed E-state index contributed by atoms with van der Waals surface area (Å²) in [4.78, 5) is 10.9. The molecular formula is C15H24N4. The van der Waals surface area contributed by atoms with Gasteiger partial charge in [-0.15, -0.1) is 13.2 Å². The molecule has 1 aromatic heterocycles. The lowest BCUT2D eigenvalue weighted by Crippen LogP contribution is -2.25. The van der Waals surface area contributed by atoms with Crippen LogP contribution in [-0.2, 0) is 6.54 Å². The molecule has 1 N–H and O–H groups in total. The molecule has 4 heteroatoms. The predicted molar refractivity (Wildman–Crippen MR) is 81.2 cm³/mol. The van der Waals surface area contributed by atoms with Crippen molar-refractivity contribution in [3.05, 3.63) is 43.4 Å². The van der Waals surface area contributed by atoms with Gasteiger partial charge in [0.25, 0.3) is 0 Å². The third-order valence-electron chi connectivity index (χ3n) is 2.57. The molecule has 0 aliphatic rings. The van der Waals surface area contributed by atoms with E-state index in [0.29, 0.717) is 5.92 Å². The summed E-state index contributed by atoms with van der Waals surface area (Å²) in [5.41, 5.74) is 0.960. The van der Waals surface area contributed by atoms with Crippen molar-refractivity contribution in [2.45, 2.75) is 20.4 Å². The van der Waals surface area contributed by atoms with Crippen LogP contribution in [0.1, 0.15) is 19.5 Å². The van der Waals surface area contributed by atoms with Crippen LogP contribution in [0.15, 0.2) is 37.7 Å². The monoisotopic (exact) mass is 260 g/mol. The zero-order chi connectivity index (χ0) is 14.1. The van der Waals surface area contributed by atoms with Crippen molar-refractivity contribution in [1.82, 2.24) is 15.3 Å². The summed E-state index contributed by atoms with van der Waals surface area (Å²) in [6, 6.07) is 0. The molecular weight excluding hydrogens is 236 g/mol. The molecule has 0 fully saturated rings. The smallest absolute Gasteiger partial charge is 0.147 e. The van der Waals surface area contributed by atoms with Crippen molar-refractivity contribution in [3.8, 4) is 0 Å². The molecule has 0 aliphatic heterocycles. The molecule has 0 unspecified atom stereocenters. The number of hydrogen-bond donors (Lipinski definition) is 1. The average Bonchev–Trinajstić information content (AvgIpc) is 2.39. The maximum Gasteiger partial charge on any atom is 0.147 e. The molecule has 19 heavy (non-hydrogen) atoms. The predicted octanol–water partition coefficient (Wildman–Crippen LogP) is 2.40. The molecule has 0 atom stereocenters. The Labute approximate surface area is 116 Å². The summed E-state index contributed by atoms with van der Waals surface area (Å²) in [5, 5.41) is 3.35. The highest BCUT2D eigenvalue weighted by Gasteiger charge is 2.05. The molecule has 4 nitrogen and oxygen atoms in total.